The third-order valence-corrected chi connectivity index (χ3v) is 9.63. The molecule has 272 valence electrons. The summed E-state index contributed by atoms with van der Waals surface area (Å²) >= 11 is 5.52. The number of hydrogen-bond donors (Lipinski definition) is 0. The average molecular weight is 668 g/mol. The van der Waals surface area contributed by atoms with Gasteiger partial charge in [0.15, 0.2) is 0 Å². The van der Waals surface area contributed by atoms with Crippen molar-refractivity contribution in [3.8, 4) is 0 Å². The van der Waals surface area contributed by atoms with E-state index < -0.39 is 0 Å². The van der Waals surface area contributed by atoms with Gasteiger partial charge < -0.3 is 14.4 Å². The van der Waals surface area contributed by atoms with Crippen LogP contribution in [-0.2, 0) is 19.1 Å². The number of carbonyl (C=O) groups excluding carboxylic acids is 2. The van der Waals surface area contributed by atoms with Crippen LogP contribution in [0.2, 0.25) is 0 Å². The summed E-state index contributed by atoms with van der Waals surface area (Å²) in [5.41, 5.74) is 0. The predicted molar refractivity (Wildman–Crippen MR) is 201 cm³/mol. The molecule has 0 bridgehead atoms. The Morgan fingerprint density at radius 3 is 1.07 bits per heavy atom. The zero-order valence-corrected chi connectivity index (χ0v) is 32.2. The summed E-state index contributed by atoms with van der Waals surface area (Å²) in [6.45, 7) is 13.3. The van der Waals surface area contributed by atoms with E-state index in [0.29, 0.717) is 13.2 Å². The zero-order chi connectivity index (χ0) is 34.1. The Balaban J connectivity index is 4.56. The zero-order valence-electron chi connectivity index (χ0n) is 31.4. The molecule has 0 aromatic carbocycles. The minimum atomic E-state index is -0.00667. The molecule has 5 nitrogen and oxygen atoms in total. The second-order valence-corrected chi connectivity index (χ2v) is 14.3. The molecule has 0 heterocycles. The van der Waals surface area contributed by atoms with E-state index in [2.05, 4.69) is 32.6 Å². The number of nitrogens with zero attached hydrogens (tertiary/aromatic N) is 1. The predicted octanol–water partition coefficient (Wildman–Crippen LogP) is 12.2. The first-order valence-corrected chi connectivity index (χ1v) is 20.4. The second-order valence-electron chi connectivity index (χ2n) is 13.8. The van der Waals surface area contributed by atoms with Crippen molar-refractivity contribution in [1.29, 1.82) is 0 Å². The first-order chi connectivity index (χ1) is 22.4. The highest BCUT2D eigenvalue weighted by molar-refractivity contribution is 7.80. The molecule has 2 unspecified atom stereocenters. The minimum Gasteiger partial charge on any atom is -0.465 e. The van der Waals surface area contributed by atoms with Gasteiger partial charge in [0.1, 0.15) is 0 Å². The molecule has 0 amide bonds. The van der Waals surface area contributed by atoms with Gasteiger partial charge in [0.25, 0.3) is 0 Å². The van der Waals surface area contributed by atoms with Crippen LogP contribution in [0.4, 0.5) is 0 Å². The summed E-state index contributed by atoms with van der Waals surface area (Å²) in [4.78, 5) is 29.0. The van der Waals surface area contributed by atoms with Crippen molar-refractivity contribution < 1.29 is 19.1 Å². The normalized spacial score (nSPS) is 12.5. The van der Waals surface area contributed by atoms with Crippen molar-refractivity contribution >= 4 is 29.1 Å². The maximum absolute atomic E-state index is 13.0. The summed E-state index contributed by atoms with van der Waals surface area (Å²) < 4.78 is 11.6. The lowest BCUT2D eigenvalue weighted by Gasteiger charge is -2.24. The lowest BCUT2D eigenvalue weighted by molar-refractivity contribution is -0.150. The molecule has 2 atom stereocenters. The van der Waals surface area contributed by atoms with Crippen LogP contribution in [0.25, 0.3) is 0 Å². The maximum Gasteiger partial charge on any atom is 0.308 e. The maximum atomic E-state index is 13.0. The molecule has 0 aliphatic rings. The third-order valence-electron chi connectivity index (χ3n) is 9.37. The highest BCUT2D eigenvalue weighted by Crippen LogP contribution is 2.22. The van der Waals surface area contributed by atoms with E-state index in [1.165, 1.54) is 103 Å². The molecule has 0 fully saturated rings. The van der Waals surface area contributed by atoms with Crippen molar-refractivity contribution in [3.05, 3.63) is 0 Å². The van der Waals surface area contributed by atoms with E-state index in [-0.39, 0.29) is 23.8 Å². The second kappa shape index (κ2) is 33.7. The Morgan fingerprint density at radius 1 is 0.478 bits per heavy atom. The monoisotopic (exact) mass is 668 g/mol. The SMILES string of the molecule is CCCCCCCCC(CCCCCC)C(=O)OCCCN(CCCOC(=O)C(CCCCCC)CCCCCCCC)C(C)=S. The molecule has 0 radical (unpaired) electrons. The fourth-order valence-corrected chi connectivity index (χ4v) is 6.44. The molecule has 0 aliphatic carbocycles. The minimum absolute atomic E-state index is 0.00667. The summed E-state index contributed by atoms with van der Waals surface area (Å²) in [6.07, 6.45) is 29.9. The van der Waals surface area contributed by atoms with Gasteiger partial charge in [-0.2, -0.15) is 0 Å². The number of ether oxygens (including phenoxy) is 2. The van der Waals surface area contributed by atoms with Crippen molar-refractivity contribution in [2.75, 3.05) is 26.3 Å². The number of thiocarbonyl (C=S) groups is 1. The number of rotatable bonds is 34. The van der Waals surface area contributed by atoms with Crippen LogP contribution in [-0.4, -0.2) is 48.1 Å². The molecule has 0 N–H and O–H groups in total. The summed E-state index contributed by atoms with van der Waals surface area (Å²) in [6, 6.07) is 0. The molecule has 46 heavy (non-hydrogen) atoms. The lowest BCUT2D eigenvalue weighted by atomic mass is 9.94. The largest absolute Gasteiger partial charge is 0.465 e. The fraction of sp³-hybridized carbons (Fsp3) is 0.925. The molecule has 0 aromatic rings. The van der Waals surface area contributed by atoms with Crippen molar-refractivity contribution in [3.63, 3.8) is 0 Å². The van der Waals surface area contributed by atoms with Crippen LogP contribution >= 0.6 is 12.2 Å². The van der Waals surface area contributed by atoms with E-state index >= 15 is 0 Å². The first-order valence-electron chi connectivity index (χ1n) is 20.0. The van der Waals surface area contributed by atoms with Gasteiger partial charge in [-0.25, -0.2) is 0 Å². The van der Waals surface area contributed by atoms with Crippen LogP contribution in [0.15, 0.2) is 0 Å². The lowest BCUT2D eigenvalue weighted by Crippen LogP contribution is -2.31. The van der Waals surface area contributed by atoms with Gasteiger partial charge in [-0.1, -0.05) is 168 Å². The van der Waals surface area contributed by atoms with Crippen LogP contribution in [0.5, 0.6) is 0 Å². The third kappa shape index (κ3) is 26.9. The summed E-state index contributed by atoms with van der Waals surface area (Å²) in [5.74, 6) is 0.0656. The molecule has 0 aliphatic heterocycles. The van der Waals surface area contributed by atoms with E-state index in [1.807, 2.05) is 6.92 Å². The Bertz CT molecular complexity index is 663. The van der Waals surface area contributed by atoms with Gasteiger partial charge in [0.05, 0.1) is 30.0 Å². The number of esters is 2. The first kappa shape index (κ1) is 44.8. The van der Waals surface area contributed by atoms with Crippen molar-refractivity contribution in [2.24, 2.45) is 11.8 Å². The van der Waals surface area contributed by atoms with Crippen LogP contribution in [0.3, 0.4) is 0 Å². The molecule has 0 saturated heterocycles. The molecule has 0 rings (SSSR count). The smallest absolute Gasteiger partial charge is 0.308 e. The Kier molecular flexibility index (Phi) is 32.9. The quantitative estimate of drug-likeness (QED) is 0.0387. The van der Waals surface area contributed by atoms with Crippen molar-refractivity contribution in [2.45, 2.75) is 202 Å². The summed E-state index contributed by atoms with van der Waals surface area (Å²) in [5, 5.41) is 0. The average Bonchev–Trinajstić information content (AvgIpc) is 3.04. The molecule has 0 saturated carbocycles. The summed E-state index contributed by atoms with van der Waals surface area (Å²) in [7, 11) is 0. The fourth-order valence-electron chi connectivity index (χ4n) is 6.26. The van der Waals surface area contributed by atoms with Gasteiger partial charge in [-0.3, -0.25) is 9.59 Å². The Hall–Kier alpha value is -1.17. The molecule has 0 spiro atoms. The van der Waals surface area contributed by atoms with Crippen LogP contribution in [0.1, 0.15) is 202 Å². The van der Waals surface area contributed by atoms with Crippen LogP contribution < -0.4 is 0 Å². The van der Waals surface area contributed by atoms with Gasteiger partial charge in [-0.15, -0.1) is 0 Å². The van der Waals surface area contributed by atoms with Gasteiger partial charge in [0.2, 0.25) is 0 Å². The standard InChI is InChI=1S/C40H77NO4S/c1-6-10-14-18-20-24-30-37(28-22-16-12-8-3)39(42)44-34-26-32-41(36(5)46)33-27-35-45-40(43)38(29-23-17-13-9-4)31-25-21-19-15-11-7-2/h37-38H,6-35H2,1-5H3. The highest BCUT2D eigenvalue weighted by Gasteiger charge is 2.21. The van der Waals surface area contributed by atoms with Gasteiger partial charge >= 0.3 is 11.9 Å². The van der Waals surface area contributed by atoms with Crippen LogP contribution in [0, 0.1) is 11.8 Å². The molecular weight excluding hydrogens is 591 g/mol. The van der Waals surface area contributed by atoms with E-state index in [9.17, 15) is 9.59 Å². The van der Waals surface area contributed by atoms with Gasteiger partial charge in [0, 0.05) is 13.1 Å². The van der Waals surface area contributed by atoms with E-state index in [4.69, 9.17) is 21.7 Å². The topological polar surface area (TPSA) is 55.8 Å². The number of carbonyl (C=O) groups is 2. The Labute approximate surface area is 292 Å². The molecular formula is C40H77NO4S. The van der Waals surface area contributed by atoms with Crippen molar-refractivity contribution in [1.82, 2.24) is 4.90 Å². The molecule has 6 heteroatoms. The number of unbranched alkanes of at least 4 members (excludes halogenated alkanes) is 16. The van der Waals surface area contributed by atoms with E-state index in [1.54, 1.807) is 0 Å². The Morgan fingerprint density at radius 2 is 0.761 bits per heavy atom. The molecule has 0 aromatic heterocycles. The van der Waals surface area contributed by atoms with Gasteiger partial charge in [-0.05, 0) is 45.4 Å². The van der Waals surface area contributed by atoms with E-state index in [0.717, 1.165) is 82.3 Å². The number of hydrogen-bond acceptors (Lipinski definition) is 5. The highest BCUT2D eigenvalue weighted by atomic mass is 32.1.